The molecule has 16 heavy (non-hydrogen) atoms. The molecule has 1 heteroatoms. The Kier molecular flexibility index (Phi) is 3.60. The first kappa shape index (κ1) is 10.7. The molecule has 1 saturated carbocycles. The van der Waals surface area contributed by atoms with E-state index in [0.717, 1.165) is 11.6 Å². The lowest BCUT2D eigenvalue weighted by atomic mass is 10.1. The zero-order valence-electron chi connectivity index (χ0n) is 9.34. The Morgan fingerprint density at radius 1 is 0.750 bits per heavy atom. The summed E-state index contributed by atoms with van der Waals surface area (Å²) in [5, 5.41) is 0. The van der Waals surface area contributed by atoms with Crippen LogP contribution < -0.4 is 5.73 Å². The van der Waals surface area contributed by atoms with Gasteiger partial charge in [0.2, 0.25) is 0 Å². The summed E-state index contributed by atoms with van der Waals surface area (Å²) < 4.78 is 0. The number of benzene rings is 2. The fraction of sp³-hybridized carbons (Fsp3) is 0.200. The van der Waals surface area contributed by atoms with E-state index in [1.54, 1.807) is 0 Å². The fourth-order valence-electron chi connectivity index (χ4n) is 1.57. The van der Waals surface area contributed by atoms with Gasteiger partial charge in [-0.3, -0.25) is 0 Å². The molecule has 0 atom stereocenters. The number of rotatable bonds is 1. The van der Waals surface area contributed by atoms with Gasteiger partial charge in [0.05, 0.1) is 0 Å². The van der Waals surface area contributed by atoms with Crippen molar-refractivity contribution in [3.05, 3.63) is 66.2 Å². The van der Waals surface area contributed by atoms with Crippen LogP contribution in [0.25, 0.3) is 0 Å². The van der Waals surface area contributed by atoms with Gasteiger partial charge in [-0.2, -0.15) is 0 Å². The average Bonchev–Trinajstić information content (AvgIpc) is 3.17. The van der Waals surface area contributed by atoms with Crippen LogP contribution in [0, 0.1) is 0 Å². The van der Waals surface area contributed by atoms with Gasteiger partial charge in [0.25, 0.3) is 0 Å². The van der Waals surface area contributed by atoms with Crippen molar-refractivity contribution in [2.75, 3.05) is 5.73 Å². The van der Waals surface area contributed by atoms with Crippen LogP contribution in [0.2, 0.25) is 0 Å². The molecule has 82 valence electrons. The minimum atomic E-state index is 0.848. The molecule has 0 amide bonds. The van der Waals surface area contributed by atoms with Gasteiger partial charge in [0.15, 0.2) is 0 Å². The largest absolute Gasteiger partial charge is 0.399 e. The first-order valence-corrected chi connectivity index (χ1v) is 5.72. The number of hydrogen-bond donors (Lipinski definition) is 1. The Morgan fingerprint density at radius 2 is 1.19 bits per heavy atom. The molecule has 0 aliphatic heterocycles. The number of anilines is 1. The summed E-state index contributed by atoms with van der Waals surface area (Å²) in [6.07, 6.45) is 2.73. The highest BCUT2D eigenvalue weighted by molar-refractivity contribution is 5.41. The van der Waals surface area contributed by atoms with Crippen LogP contribution >= 0.6 is 0 Å². The van der Waals surface area contributed by atoms with E-state index in [9.17, 15) is 0 Å². The molecule has 0 radical (unpaired) electrons. The summed E-state index contributed by atoms with van der Waals surface area (Å²) in [7, 11) is 0. The smallest absolute Gasteiger partial charge is 0.0314 e. The minimum absolute atomic E-state index is 0.848. The SMILES string of the molecule is Nc1ccc(C2CC2)cc1.c1ccccc1. The van der Waals surface area contributed by atoms with Gasteiger partial charge >= 0.3 is 0 Å². The number of nitrogen functional groups attached to an aromatic ring is 1. The number of nitrogens with two attached hydrogens (primary N) is 1. The highest BCUT2D eigenvalue weighted by Gasteiger charge is 2.22. The van der Waals surface area contributed by atoms with Crippen LogP contribution in [0.1, 0.15) is 24.3 Å². The van der Waals surface area contributed by atoms with Crippen LogP contribution in [0.4, 0.5) is 5.69 Å². The second-order valence-electron chi connectivity index (χ2n) is 4.10. The molecule has 2 aromatic carbocycles. The van der Waals surface area contributed by atoms with Crippen molar-refractivity contribution in [2.45, 2.75) is 18.8 Å². The lowest BCUT2D eigenvalue weighted by Gasteiger charge is -1.96. The second kappa shape index (κ2) is 5.36. The molecule has 0 spiro atoms. The Hall–Kier alpha value is -1.76. The molecule has 3 rings (SSSR count). The molecule has 2 aromatic rings. The van der Waals surface area contributed by atoms with Crippen molar-refractivity contribution in [1.82, 2.24) is 0 Å². The van der Waals surface area contributed by atoms with E-state index in [1.807, 2.05) is 48.5 Å². The van der Waals surface area contributed by atoms with Crippen molar-refractivity contribution >= 4 is 5.69 Å². The molecular weight excluding hydrogens is 194 g/mol. The highest BCUT2D eigenvalue weighted by atomic mass is 14.5. The third kappa shape index (κ3) is 3.43. The maximum Gasteiger partial charge on any atom is 0.0314 e. The van der Waals surface area contributed by atoms with Gasteiger partial charge < -0.3 is 5.73 Å². The Labute approximate surface area is 96.9 Å². The molecule has 1 fully saturated rings. The summed E-state index contributed by atoms with van der Waals surface area (Å²) in [4.78, 5) is 0. The molecule has 0 saturated heterocycles. The summed E-state index contributed by atoms with van der Waals surface area (Å²) in [5.41, 5.74) is 7.87. The zero-order chi connectivity index (χ0) is 11.2. The molecule has 1 aliphatic carbocycles. The van der Waals surface area contributed by atoms with Crippen molar-refractivity contribution in [3.63, 3.8) is 0 Å². The topological polar surface area (TPSA) is 26.0 Å². The molecule has 1 nitrogen and oxygen atoms in total. The predicted octanol–water partition coefficient (Wildman–Crippen LogP) is 3.83. The van der Waals surface area contributed by atoms with Crippen molar-refractivity contribution in [3.8, 4) is 0 Å². The van der Waals surface area contributed by atoms with Crippen LogP contribution in [0.15, 0.2) is 60.7 Å². The van der Waals surface area contributed by atoms with Crippen LogP contribution in [-0.2, 0) is 0 Å². The van der Waals surface area contributed by atoms with Gasteiger partial charge in [-0.1, -0.05) is 48.5 Å². The lowest BCUT2D eigenvalue weighted by molar-refractivity contribution is 1.13. The summed E-state index contributed by atoms with van der Waals surface area (Å²) in [6, 6.07) is 20.2. The average molecular weight is 211 g/mol. The molecule has 0 heterocycles. The van der Waals surface area contributed by atoms with E-state index in [2.05, 4.69) is 12.1 Å². The van der Waals surface area contributed by atoms with E-state index in [0.29, 0.717) is 0 Å². The first-order chi connectivity index (χ1) is 7.86. The van der Waals surface area contributed by atoms with Gasteiger partial charge in [-0.15, -0.1) is 0 Å². The molecule has 0 bridgehead atoms. The third-order valence-electron chi connectivity index (χ3n) is 2.65. The van der Waals surface area contributed by atoms with Gasteiger partial charge in [-0.25, -0.2) is 0 Å². The number of hydrogen-bond acceptors (Lipinski definition) is 1. The van der Waals surface area contributed by atoms with Crippen LogP contribution in [0.5, 0.6) is 0 Å². The predicted molar refractivity (Wildman–Crippen MR) is 69.3 cm³/mol. The van der Waals surface area contributed by atoms with Gasteiger partial charge in [0.1, 0.15) is 0 Å². The Balaban J connectivity index is 0.000000138. The van der Waals surface area contributed by atoms with Crippen LogP contribution in [-0.4, -0.2) is 0 Å². The van der Waals surface area contributed by atoms with E-state index < -0.39 is 0 Å². The van der Waals surface area contributed by atoms with E-state index in [-0.39, 0.29) is 0 Å². The second-order valence-corrected chi connectivity index (χ2v) is 4.10. The summed E-state index contributed by atoms with van der Waals surface area (Å²) in [6.45, 7) is 0. The van der Waals surface area contributed by atoms with Crippen molar-refractivity contribution in [2.24, 2.45) is 0 Å². The van der Waals surface area contributed by atoms with Crippen molar-refractivity contribution < 1.29 is 0 Å². The summed E-state index contributed by atoms with van der Waals surface area (Å²) >= 11 is 0. The fourth-order valence-corrected chi connectivity index (χ4v) is 1.57. The molecule has 0 aromatic heterocycles. The minimum Gasteiger partial charge on any atom is -0.399 e. The zero-order valence-corrected chi connectivity index (χ0v) is 9.34. The Bertz CT molecular complexity index is 375. The molecule has 1 aliphatic rings. The highest BCUT2D eigenvalue weighted by Crippen LogP contribution is 2.39. The quantitative estimate of drug-likeness (QED) is 0.713. The molecular formula is C15H17N. The van der Waals surface area contributed by atoms with E-state index in [1.165, 1.54) is 18.4 Å². The normalized spacial score (nSPS) is 13.8. The van der Waals surface area contributed by atoms with Crippen molar-refractivity contribution in [1.29, 1.82) is 0 Å². The Morgan fingerprint density at radius 3 is 1.56 bits per heavy atom. The standard InChI is InChI=1S/C9H11N.C6H6/c10-9-5-3-8(4-6-9)7-1-2-7;1-2-4-6-5-3-1/h3-7H,1-2,10H2;1-6H. The lowest BCUT2D eigenvalue weighted by Crippen LogP contribution is -1.84. The maximum atomic E-state index is 5.55. The first-order valence-electron chi connectivity index (χ1n) is 5.72. The van der Waals surface area contributed by atoms with Gasteiger partial charge in [0, 0.05) is 5.69 Å². The van der Waals surface area contributed by atoms with E-state index >= 15 is 0 Å². The van der Waals surface area contributed by atoms with E-state index in [4.69, 9.17) is 5.73 Å². The molecule has 2 N–H and O–H groups in total. The third-order valence-corrected chi connectivity index (χ3v) is 2.65. The van der Waals surface area contributed by atoms with Gasteiger partial charge in [-0.05, 0) is 36.5 Å². The summed E-state index contributed by atoms with van der Waals surface area (Å²) in [5.74, 6) is 0.848. The molecule has 0 unspecified atom stereocenters. The maximum absolute atomic E-state index is 5.55. The monoisotopic (exact) mass is 211 g/mol. The van der Waals surface area contributed by atoms with Crippen LogP contribution in [0.3, 0.4) is 0 Å².